The fourth-order valence-electron chi connectivity index (χ4n) is 2.20. The second-order valence-electron chi connectivity index (χ2n) is 4.74. The normalized spacial score (nSPS) is 10.4. The van der Waals surface area contributed by atoms with Crippen LogP contribution in [0.1, 0.15) is 16.7 Å². The SMILES string of the molecule is COc1ccc(CNc2c(C)cc(Br)cc2C)cc1F. The Bertz CT molecular complexity index is 605. The molecule has 106 valence electrons. The van der Waals surface area contributed by atoms with Crippen LogP contribution >= 0.6 is 15.9 Å². The highest BCUT2D eigenvalue weighted by atomic mass is 79.9. The van der Waals surface area contributed by atoms with Crippen LogP contribution in [0.4, 0.5) is 10.1 Å². The first-order valence-corrected chi connectivity index (χ1v) is 7.13. The van der Waals surface area contributed by atoms with E-state index in [2.05, 4.69) is 47.2 Å². The van der Waals surface area contributed by atoms with Crippen LogP contribution in [-0.4, -0.2) is 7.11 Å². The molecule has 0 aliphatic carbocycles. The highest BCUT2D eigenvalue weighted by Gasteiger charge is 2.06. The summed E-state index contributed by atoms with van der Waals surface area (Å²) in [4.78, 5) is 0. The maximum atomic E-state index is 13.6. The number of hydrogen-bond acceptors (Lipinski definition) is 2. The quantitative estimate of drug-likeness (QED) is 0.862. The summed E-state index contributed by atoms with van der Waals surface area (Å²) in [5.41, 5.74) is 4.28. The smallest absolute Gasteiger partial charge is 0.165 e. The van der Waals surface area contributed by atoms with Gasteiger partial charge in [0.25, 0.3) is 0 Å². The predicted octanol–water partition coefficient (Wildman–Crippen LogP) is 4.83. The van der Waals surface area contributed by atoms with E-state index < -0.39 is 0 Å². The number of benzene rings is 2. The van der Waals surface area contributed by atoms with Crippen molar-refractivity contribution in [1.29, 1.82) is 0 Å². The van der Waals surface area contributed by atoms with Crippen LogP contribution in [0.15, 0.2) is 34.8 Å². The molecule has 2 aromatic carbocycles. The number of methoxy groups -OCH3 is 1. The Balaban J connectivity index is 2.15. The predicted molar refractivity (Wildman–Crippen MR) is 83.9 cm³/mol. The van der Waals surface area contributed by atoms with Gasteiger partial charge in [-0.15, -0.1) is 0 Å². The zero-order chi connectivity index (χ0) is 14.7. The van der Waals surface area contributed by atoms with Gasteiger partial charge in [-0.1, -0.05) is 22.0 Å². The second kappa shape index (κ2) is 6.27. The van der Waals surface area contributed by atoms with Crippen molar-refractivity contribution >= 4 is 21.6 Å². The van der Waals surface area contributed by atoms with Crippen LogP contribution < -0.4 is 10.1 Å². The standard InChI is InChI=1S/C16H17BrFNO/c1-10-6-13(17)7-11(2)16(10)19-9-12-4-5-15(20-3)14(18)8-12/h4-8,19H,9H2,1-3H3. The van der Waals surface area contributed by atoms with E-state index in [1.807, 2.05) is 6.07 Å². The van der Waals surface area contributed by atoms with E-state index in [1.54, 1.807) is 6.07 Å². The van der Waals surface area contributed by atoms with E-state index in [-0.39, 0.29) is 11.6 Å². The van der Waals surface area contributed by atoms with Gasteiger partial charge in [0, 0.05) is 16.7 Å². The minimum Gasteiger partial charge on any atom is -0.494 e. The molecule has 0 aromatic heterocycles. The zero-order valence-corrected chi connectivity index (χ0v) is 13.3. The number of nitrogens with one attached hydrogen (secondary N) is 1. The average molecular weight is 338 g/mol. The van der Waals surface area contributed by atoms with E-state index in [9.17, 15) is 4.39 Å². The first-order chi connectivity index (χ1) is 9.51. The fourth-order valence-corrected chi connectivity index (χ4v) is 2.89. The van der Waals surface area contributed by atoms with E-state index in [0.717, 1.165) is 26.9 Å². The largest absolute Gasteiger partial charge is 0.494 e. The molecule has 0 amide bonds. The number of aryl methyl sites for hydroxylation is 2. The van der Waals surface area contributed by atoms with Crippen LogP contribution in [0.5, 0.6) is 5.75 Å². The molecule has 0 saturated carbocycles. The molecule has 0 saturated heterocycles. The Morgan fingerprint density at radius 1 is 1.15 bits per heavy atom. The summed E-state index contributed by atoms with van der Waals surface area (Å²) in [7, 11) is 1.46. The summed E-state index contributed by atoms with van der Waals surface area (Å²) in [6, 6.07) is 9.12. The highest BCUT2D eigenvalue weighted by Crippen LogP contribution is 2.26. The molecule has 20 heavy (non-hydrogen) atoms. The molecule has 0 unspecified atom stereocenters. The molecule has 0 bridgehead atoms. The molecule has 0 spiro atoms. The molecule has 0 fully saturated rings. The first kappa shape index (κ1) is 14.9. The molecule has 2 aromatic rings. The molecule has 0 aliphatic rings. The number of halogens is 2. The second-order valence-corrected chi connectivity index (χ2v) is 5.65. The van der Waals surface area contributed by atoms with Gasteiger partial charge in [-0.25, -0.2) is 4.39 Å². The van der Waals surface area contributed by atoms with Gasteiger partial charge in [-0.2, -0.15) is 0 Å². The molecule has 2 rings (SSSR count). The minimum atomic E-state index is -0.337. The van der Waals surface area contributed by atoms with Crippen molar-refractivity contribution in [3.8, 4) is 5.75 Å². The zero-order valence-electron chi connectivity index (χ0n) is 11.8. The summed E-state index contributed by atoms with van der Waals surface area (Å²) in [5, 5.41) is 3.36. The topological polar surface area (TPSA) is 21.3 Å². The average Bonchev–Trinajstić information content (AvgIpc) is 2.37. The van der Waals surface area contributed by atoms with E-state index in [0.29, 0.717) is 6.54 Å². The molecule has 0 heterocycles. The van der Waals surface area contributed by atoms with Gasteiger partial charge in [0.1, 0.15) is 0 Å². The summed E-state index contributed by atoms with van der Waals surface area (Å²) >= 11 is 3.48. The maximum Gasteiger partial charge on any atom is 0.165 e. The third kappa shape index (κ3) is 3.31. The lowest BCUT2D eigenvalue weighted by molar-refractivity contribution is 0.386. The molecule has 0 radical (unpaired) electrons. The van der Waals surface area contributed by atoms with Crippen molar-refractivity contribution in [2.45, 2.75) is 20.4 Å². The summed E-state index contributed by atoms with van der Waals surface area (Å²) in [6.07, 6.45) is 0. The van der Waals surface area contributed by atoms with Gasteiger partial charge in [-0.05, 0) is 54.8 Å². The van der Waals surface area contributed by atoms with Gasteiger partial charge in [0.15, 0.2) is 11.6 Å². The Morgan fingerprint density at radius 3 is 2.35 bits per heavy atom. The molecule has 2 nitrogen and oxygen atoms in total. The van der Waals surface area contributed by atoms with Crippen LogP contribution in [0.2, 0.25) is 0 Å². The van der Waals surface area contributed by atoms with Gasteiger partial charge < -0.3 is 10.1 Å². The molecular weight excluding hydrogens is 321 g/mol. The van der Waals surface area contributed by atoms with Crippen molar-refractivity contribution in [2.24, 2.45) is 0 Å². The minimum absolute atomic E-state index is 0.268. The lowest BCUT2D eigenvalue weighted by atomic mass is 10.1. The van der Waals surface area contributed by atoms with Crippen LogP contribution in [0.3, 0.4) is 0 Å². The Kier molecular flexibility index (Phi) is 4.65. The number of anilines is 1. The van der Waals surface area contributed by atoms with Crippen LogP contribution in [0, 0.1) is 19.7 Å². The number of ether oxygens (including phenoxy) is 1. The van der Waals surface area contributed by atoms with Gasteiger partial charge in [0.2, 0.25) is 0 Å². The van der Waals surface area contributed by atoms with Crippen molar-refractivity contribution in [3.63, 3.8) is 0 Å². The lowest BCUT2D eigenvalue weighted by Crippen LogP contribution is -2.03. The molecule has 1 N–H and O–H groups in total. The van der Waals surface area contributed by atoms with Crippen molar-refractivity contribution in [2.75, 3.05) is 12.4 Å². The van der Waals surface area contributed by atoms with Gasteiger partial charge in [0.05, 0.1) is 7.11 Å². The number of rotatable bonds is 4. The van der Waals surface area contributed by atoms with Gasteiger partial charge in [-0.3, -0.25) is 0 Å². The van der Waals surface area contributed by atoms with Crippen molar-refractivity contribution in [1.82, 2.24) is 0 Å². The Hall–Kier alpha value is -1.55. The van der Waals surface area contributed by atoms with Crippen LogP contribution in [-0.2, 0) is 6.54 Å². The lowest BCUT2D eigenvalue weighted by Gasteiger charge is -2.14. The molecule has 0 atom stereocenters. The third-order valence-electron chi connectivity index (χ3n) is 3.18. The summed E-state index contributed by atoms with van der Waals surface area (Å²) in [6.45, 7) is 4.67. The monoisotopic (exact) mass is 337 g/mol. The maximum absolute atomic E-state index is 13.6. The molecular formula is C16H17BrFNO. The number of hydrogen-bond donors (Lipinski definition) is 1. The highest BCUT2D eigenvalue weighted by molar-refractivity contribution is 9.10. The third-order valence-corrected chi connectivity index (χ3v) is 3.64. The summed E-state index contributed by atoms with van der Waals surface area (Å²) < 4.78 is 19.6. The van der Waals surface area contributed by atoms with E-state index in [1.165, 1.54) is 13.2 Å². The van der Waals surface area contributed by atoms with E-state index in [4.69, 9.17) is 4.74 Å². The molecule has 4 heteroatoms. The Morgan fingerprint density at radius 2 is 1.80 bits per heavy atom. The van der Waals surface area contributed by atoms with Crippen LogP contribution in [0.25, 0.3) is 0 Å². The van der Waals surface area contributed by atoms with Crippen molar-refractivity contribution in [3.05, 3.63) is 57.3 Å². The first-order valence-electron chi connectivity index (χ1n) is 6.34. The fraction of sp³-hybridized carbons (Fsp3) is 0.250. The molecule has 0 aliphatic heterocycles. The van der Waals surface area contributed by atoms with Gasteiger partial charge >= 0.3 is 0 Å². The van der Waals surface area contributed by atoms with E-state index >= 15 is 0 Å². The summed E-state index contributed by atoms with van der Waals surface area (Å²) in [5.74, 6) is -0.0687. The van der Waals surface area contributed by atoms with Crippen molar-refractivity contribution < 1.29 is 9.13 Å². The Labute approximate surface area is 127 Å².